The Morgan fingerprint density at radius 1 is 1.15 bits per heavy atom. The van der Waals surface area contributed by atoms with Gasteiger partial charge in [0.1, 0.15) is 0 Å². The van der Waals surface area contributed by atoms with Crippen molar-refractivity contribution in [2.75, 3.05) is 0 Å². The predicted molar refractivity (Wildman–Crippen MR) is 80.2 cm³/mol. The lowest BCUT2D eigenvalue weighted by Crippen LogP contribution is -2.00. The van der Waals surface area contributed by atoms with Gasteiger partial charge in [-0.05, 0) is 16.3 Å². The Morgan fingerprint density at radius 2 is 1.95 bits per heavy atom. The van der Waals surface area contributed by atoms with Gasteiger partial charge in [-0.3, -0.25) is 4.79 Å². The summed E-state index contributed by atoms with van der Waals surface area (Å²) in [6, 6.07) is 14.5. The van der Waals surface area contributed by atoms with Gasteiger partial charge in [0.2, 0.25) is 0 Å². The number of carboxylic acids is 1. The number of rotatable bonds is 4. The first-order chi connectivity index (χ1) is 9.72. The largest absolute Gasteiger partial charge is 0.481 e. The Balaban J connectivity index is 1.89. The second-order valence-corrected chi connectivity index (χ2v) is 5.56. The molecule has 3 nitrogen and oxygen atoms in total. The third kappa shape index (κ3) is 2.70. The van der Waals surface area contributed by atoms with Crippen LogP contribution in [-0.2, 0) is 17.6 Å². The van der Waals surface area contributed by atoms with Crippen molar-refractivity contribution in [3.8, 4) is 0 Å². The van der Waals surface area contributed by atoms with Gasteiger partial charge in [-0.15, -0.1) is 11.3 Å². The molecule has 0 bridgehead atoms. The smallest absolute Gasteiger partial charge is 0.309 e. The molecule has 0 radical (unpaired) electrons. The van der Waals surface area contributed by atoms with Gasteiger partial charge in [-0.25, -0.2) is 4.98 Å². The third-order valence-electron chi connectivity index (χ3n) is 3.15. The number of hydrogen-bond donors (Lipinski definition) is 1. The molecule has 3 aromatic rings. The molecule has 0 saturated heterocycles. The predicted octanol–water partition coefficient (Wildman–Crippen LogP) is 3.51. The van der Waals surface area contributed by atoms with E-state index < -0.39 is 5.97 Å². The van der Waals surface area contributed by atoms with E-state index in [0.29, 0.717) is 5.69 Å². The van der Waals surface area contributed by atoms with Crippen molar-refractivity contribution in [3.63, 3.8) is 0 Å². The average molecular weight is 283 g/mol. The van der Waals surface area contributed by atoms with Gasteiger partial charge in [0, 0.05) is 11.8 Å². The zero-order valence-corrected chi connectivity index (χ0v) is 11.6. The van der Waals surface area contributed by atoms with Crippen LogP contribution in [0.2, 0.25) is 0 Å². The van der Waals surface area contributed by atoms with Crippen LogP contribution in [0.25, 0.3) is 10.8 Å². The first-order valence-electron chi connectivity index (χ1n) is 6.34. The zero-order chi connectivity index (χ0) is 13.9. The Kier molecular flexibility index (Phi) is 3.48. The number of benzene rings is 2. The number of nitrogens with zero attached hydrogens (tertiary/aromatic N) is 1. The topological polar surface area (TPSA) is 50.2 Å². The summed E-state index contributed by atoms with van der Waals surface area (Å²) in [6.07, 6.45) is 0.734. The van der Waals surface area contributed by atoms with Gasteiger partial charge in [-0.1, -0.05) is 42.5 Å². The Labute approximate surface area is 120 Å². The number of thiazole rings is 1. The average Bonchev–Trinajstić information content (AvgIpc) is 2.86. The Morgan fingerprint density at radius 3 is 2.80 bits per heavy atom. The van der Waals surface area contributed by atoms with Gasteiger partial charge >= 0.3 is 5.97 Å². The van der Waals surface area contributed by atoms with E-state index >= 15 is 0 Å². The molecule has 1 N–H and O–H groups in total. The molecule has 0 unspecified atom stereocenters. The molecule has 0 aliphatic rings. The summed E-state index contributed by atoms with van der Waals surface area (Å²) in [5.74, 6) is -0.841. The number of carbonyl (C=O) groups is 1. The van der Waals surface area contributed by atoms with E-state index in [0.717, 1.165) is 11.4 Å². The van der Waals surface area contributed by atoms with Crippen LogP contribution in [0, 0.1) is 0 Å². The lowest BCUT2D eigenvalue weighted by Gasteiger charge is -2.04. The first-order valence-corrected chi connectivity index (χ1v) is 7.22. The van der Waals surface area contributed by atoms with Crippen LogP contribution in [0.4, 0.5) is 0 Å². The van der Waals surface area contributed by atoms with E-state index in [4.69, 9.17) is 5.11 Å². The Hall–Kier alpha value is -2.20. The van der Waals surface area contributed by atoms with Crippen molar-refractivity contribution in [1.29, 1.82) is 0 Å². The molecule has 20 heavy (non-hydrogen) atoms. The molecule has 0 aliphatic heterocycles. The molecule has 4 heteroatoms. The van der Waals surface area contributed by atoms with Gasteiger partial charge < -0.3 is 5.11 Å². The van der Waals surface area contributed by atoms with Crippen LogP contribution in [0.5, 0.6) is 0 Å². The number of fused-ring (bicyclic) bond motifs is 1. The molecular weight excluding hydrogens is 270 g/mol. The van der Waals surface area contributed by atoms with E-state index in [9.17, 15) is 4.79 Å². The standard InChI is InChI=1S/C16H13NO2S/c18-16(19)9-13-10-20-15(17-13)8-12-6-3-5-11-4-1-2-7-14(11)12/h1-7,10H,8-9H2,(H,18,19). The number of aromatic nitrogens is 1. The van der Waals surface area contributed by atoms with Crippen LogP contribution in [0.3, 0.4) is 0 Å². The zero-order valence-electron chi connectivity index (χ0n) is 10.7. The summed E-state index contributed by atoms with van der Waals surface area (Å²) in [6.45, 7) is 0. The van der Waals surface area contributed by atoms with E-state index in [1.165, 1.54) is 27.7 Å². The number of aliphatic carboxylic acids is 1. The molecular formula is C16H13NO2S. The van der Waals surface area contributed by atoms with E-state index in [2.05, 4.69) is 29.2 Å². The highest BCUT2D eigenvalue weighted by atomic mass is 32.1. The van der Waals surface area contributed by atoms with Gasteiger partial charge in [0.05, 0.1) is 17.1 Å². The second kappa shape index (κ2) is 5.43. The lowest BCUT2D eigenvalue weighted by molar-refractivity contribution is -0.136. The highest BCUT2D eigenvalue weighted by Gasteiger charge is 2.08. The molecule has 0 aliphatic carbocycles. The minimum Gasteiger partial charge on any atom is -0.481 e. The van der Waals surface area contributed by atoms with E-state index in [-0.39, 0.29) is 6.42 Å². The summed E-state index contributed by atoms with van der Waals surface area (Å²) in [4.78, 5) is 15.1. The normalized spacial score (nSPS) is 10.8. The highest BCUT2D eigenvalue weighted by molar-refractivity contribution is 7.09. The molecule has 2 aromatic carbocycles. The highest BCUT2D eigenvalue weighted by Crippen LogP contribution is 2.22. The molecule has 0 amide bonds. The van der Waals surface area contributed by atoms with Crippen LogP contribution >= 0.6 is 11.3 Å². The lowest BCUT2D eigenvalue weighted by atomic mass is 10.0. The quantitative estimate of drug-likeness (QED) is 0.797. The summed E-state index contributed by atoms with van der Waals surface area (Å²) in [5.41, 5.74) is 1.86. The molecule has 3 rings (SSSR count). The third-order valence-corrected chi connectivity index (χ3v) is 4.05. The Bertz CT molecular complexity index is 759. The fourth-order valence-corrected chi connectivity index (χ4v) is 3.09. The number of carboxylic acid groups (broad SMARTS) is 1. The van der Waals surface area contributed by atoms with Crippen LogP contribution in [0.1, 0.15) is 16.3 Å². The summed E-state index contributed by atoms with van der Waals surface area (Å²) < 4.78 is 0. The molecule has 1 heterocycles. The van der Waals surface area contributed by atoms with Crippen molar-refractivity contribution in [2.45, 2.75) is 12.8 Å². The SMILES string of the molecule is O=C(O)Cc1csc(Cc2cccc3ccccc23)n1. The fraction of sp³-hybridized carbons (Fsp3) is 0.125. The van der Waals surface area contributed by atoms with Crippen LogP contribution in [0.15, 0.2) is 47.8 Å². The van der Waals surface area contributed by atoms with Crippen LogP contribution in [-0.4, -0.2) is 16.1 Å². The van der Waals surface area contributed by atoms with Crippen molar-refractivity contribution >= 4 is 28.1 Å². The second-order valence-electron chi connectivity index (χ2n) is 4.62. The first kappa shape index (κ1) is 12.8. The maximum atomic E-state index is 10.7. The van der Waals surface area contributed by atoms with Gasteiger partial charge in [0.25, 0.3) is 0 Å². The maximum absolute atomic E-state index is 10.7. The fourth-order valence-electron chi connectivity index (χ4n) is 2.28. The van der Waals surface area contributed by atoms with Crippen molar-refractivity contribution in [1.82, 2.24) is 4.98 Å². The number of hydrogen-bond acceptors (Lipinski definition) is 3. The van der Waals surface area contributed by atoms with Crippen LogP contribution < -0.4 is 0 Å². The maximum Gasteiger partial charge on any atom is 0.309 e. The van der Waals surface area contributed by atoms with Gasteiger partial charge in [-0.2, -0.15) is 0 Å². The molecule has 1 aromatic heterocycles. The monoisotopic (exact) mass is 283 g/mol. The van der Waals surface area contributed by atoms with Crippen molar-refractivity contribution in [3.05, 3.63) is 64.1 Å². The summed E-state index contributed by atoms with van der Waals surface area (Å²) in [7, 11) is 0. The van der Waals surface area contributed by atoms with E-state index in [1.54, 1.807) is 0 Å². The molecule has 100 valence electrons. The molecule has 0 atom stereocenters. The van der Waals surface area contributed by atoms with Gasteiger partial charge in [0.15, 0.2) is 0 Å². The summed E-state index contributed by atoms with van der Waals surface area (Å²) in [5, 5.41) is 14.0. The molecule has 0 fully saturated rings. The minimum atomic E-state index is -0.841. The molecule has 0 saturated carbocycles. The van der Waals surface area contributed by atoms with Crippen molar-refractivity contribution in [2.24, 2.45) is 0 Å². The van der Waals surface area contributed by atoms with Crippen molar-refractivity contribution < 1.29 is 9.90 Å². The summed E-state index contributed by atoms with van der Waals surface area (Å²) >= 11 is 1.52. The molecule has 0 spiro atoms. The minimum absolute atomic E-state index is 0.00790. The van der Waals surface area contributed by atoms with E-state index in [1.807, 2.05) is 23.6 Å².